The van der Waals surface area contributed by atoms with Crippen molar-refractivity contribution in [1.29, 1.82) is 0 Å². The lowest BCUT2D eigenvalue weighted by Crippen LogP contribution is -1.88. The molecule has 76 valence electrons. The van der Waals surface area contributed by atoms with E-state index in [1.807, 2.05) is 18.2 Å². The minimum absolute atomic E-state index is 0.420. The van der Waals surface area contributed by atoms with Gasteiger partial charge in [-0.3, -0.25) is 9.97 Å². The zero-order chi connectivity index (χ0) is 10.7. The number of hydrogen-bond acceptors (Lipinski definition) is 2. The summed E-state index contributed by atoms with van der Waals surface area (Å²) in [7, 11) is 0. The highest BCUT2D eigenvalue weighted by Gasteiger charge is 2.05. The van der Waals surface area contributed by atoms with Crippen LogP contribution in [0, 0.1) is 0 Å². The summed E-state index contributed by atoms with van der Waals surface area (Å²) < 4.78 is 0. The molecule has 2 heterocycles. The molecule has 2 aromatic heterocycles. The molecule has 0 aliphatic heterocycles. The van der Waals surface area contributed by atoms with Gasteiger partial charge in [-0.1, -0.05) is 11.6 Å². The molecule has 15 heavy (non-hydrogen) atoms. The Hall–Kier alpha value is -1.12. The predicted molar refractivity (Wildman–Crippen MR) is 62.0 cm³/mol. The van der Waals surface area contributed by atoms with E-state index in [2.05, 4.69) is 9.97 Å². The van der Waals surface area contributed by atoms with Crippen molar-refractivity contribution >= 4 is 23.2 Å². The van der Waals surface area contributed by atoms with Gasteiger partial charge in [-0.05, 0) is 23.8 Å². The summed E-state index contributed by atoms with van der Waals surface area (Å²) in [6.45, 7) is 0. The molecule has 2 aromatic rings. The van der Waals surface area contributed by atoms with Crippen LogP contribution >= 0.6 is 23.2 Å². The minimum Gasteiger partial charge on any atom is -0.265 e. The molecule has 0 aliphatic carbocycles. The van der Waals surface area contributed by atoms with E-state index in [0.29, 0.717) is 10.9 Å². The fraction of sp³-hybridized carbons (Fsp3) is 0.0909. The van der Waals surface area contributed by atoms with Crippen LogP contribution in [-0.2, 0) is 5.88 Å². The van der Waals surface area contributed by atoms with Crippen molar-refractivity contribution in [3.63, 3.8) is 0 Å². The van der Waals surface area contributed by atoms with Crippen molar-refractivity contribution in [3.05, 3.63) is 47.4 Å². The van der Waals surface area contributed by atoms with E-state index >= 15 is 0 Å². The molecular formula is C11H8Cl2N2. The second-order valence-corrected chi connectivity index (χ2v) is 3.72. The van der Waals surface area contributed by atoms with Crippen molar-refractivity contribution in [2.24, 2.45) is 0 Å². The van der Waals surface area contributed by atoms with Crippen LogP contribution in [0.2, 0.25) is 5.02 Å². The Morgan fingerprint density at radius 2 is 1.93 bits per heavy atom. The van der Waals surface area contributed by atoms with Gasteiger partial charge < -0.3 is 0 Å². The molecule has 4 heteroatoms. The maximum atomic E-state index is 6.10. The largest absolute Gasteiger partial charge is 0.265 e. The van der Waals surface area contributed by atoms with Gasteiger partial charge in [0.25, 0.3) is 0 Å². The zero-order valence-electron chi connectivity index (χ0n) is 7.82. The van der Waals surface area contributed by atoms with Crippen LogP contribution in [0.3, 0.4) is 0 Å². The average Bonchev–Trinajstić information content (AvgIpc) is 2.30. The maximum Gasteiger partial charge on any atom is 0.0889 e. The number of rotatable bonds is 2. The summed E-state index contributed by atoms with van der Waals surface area (Å²) >= 11 is 11.8. The van der Waals surface area contributed by atoms with Gasteiger partial charge in [0.1, 0.15) is 0 Å². The van der Waals surface area contributed by atoms with Crippen molar-refractivity contribution in [2.75, 3.05) is 0 Å². The quantitative estimate of drug-likeness (QED) is 0.749. The number of halogens is 2. The Kier molecular flexibility index (Phi) is 3.19. The van der Waals surface area contributed by atoms with E-state index in [9.17, 15) is 0 Å². The van der Waals surface area contributed by atoms with Gasteiger partial charge in [-0.2, -0.15) is 0 Å². The lowest BCUT2D eigenvalue weighted by Gasteiger charge is -2.04. The van der Waals surface area contributed by atoms with E-state index in [4.69, 9.17) is 23.2 Å². The smallest absolute Gasteiger partial charge is 0.0889 e. The third-order valence-corrected chi connectivity index (χ3v) is 2.60. The van der Waals surface area contributed by atoms with Crippen molar-refractivity contribution in [2.45, 2.75) is 5.88 Å². The first-order valence-corrected chi connectivity index (χ1v) is 5.33. The van der Waals surface area contributed by atoms with Crippen LogP contribution in [-0.4, -0.2) is 9.97 Å². The molecule has 0 fully saturated rings. The monoisotopic (exact) mass is 238 g/mol. The van der Waals surface area contributed by atoms with Crippen LogP contribution in [0.25, 0.3) is 11.3 Å². The van der Waals surface area contributed by atoms with Crippen LogP contribution in [0.1, 0.15) is 5.56 Å². The van der Waals surface area contributed by atoms with E-state index in [1.165, 1.54) is 0 Å². The van der Waals surface area contributed by atoms with Gasteiger partial charge >= 0.3 is 0 Å². The van der Waals surface area contributed by atoms with E-state index in [-0.39, 0.29) is 0 Å². The van der Waals surface area contributed by atoms with Crippen LogP contribution < -0.4 is 0 Å². The highest BCUT2D eigenvalue weighted by Crippen LogP contribution is 2.25. The van der Waals surface area contributed by atoms with E-state index < -0.39 is 0 Å². The predicted octanol–water partition coefficient (Wildman–Crippen LogP) is 3.54. The molecule has 0 spiro atoms. The van der Waals surface area contributed by atoms with Gasteiger partial charge in [-0.15, -0.1) is 11.6 Å². The summed E-state index contributed by atoms with van der Waals surface area (Å²) in [5.41, 5.74) is 2.63. The molecule has 0 atom stereocenters. The fourth-order valence-electron chi connectivity index (χ4n) is 1.27. The lowest BCUT2D eigenvalue weighted by molar-refractivity contribution is 1.24. The highest BCUT2D eigenvalue weighted by molar-refractivity contribution is 6.33. The fourth-order valence-corrected chi connectivity index (χ4v) is 1.72. The molecular weight excluding hydrogens is 231 g/mol. The average molecular weight is 239 g/mol. The molecule has 0 amide bonds. The zero-order valence-corrected chi connectivity index (χ0v) is 9.33. The van der Waals surface area contributed by atoms with Crippen LogP contribution in [0.5, 0.6) is 0 Å². The molecule has 0 saturated heterocycles. The van der Waals surface area contributed by atoms with Gasteiger partial charge in [0.2, 0.25) is 0 Å². The normalized spacial score (nSPS) is 10.3. The number of pyridine rings is 2. The summed E-state index contributed by atoms with van der Waals surface area (Å²) in [6, 6.07) is 5.57. The van der Waals surface area contributed by atoms with E-state index in [1.54, 1.807) is 18.6 Å². The van der Waals surface area contributed by atoms with Crippen molar-refractivity contribution < 1.29 is 0 Å². The minimum atomic E-state index is 0.420. The number of alkyl halides is 1. The summed E-state index contributed by atoms with van der Waals surface area (Å²) in [5.74, 6) is 0.420. The molecule has 0 N–H and O–H groups in total. The summed E-state index contributed by atoms with van der Waals surface area (Å²) in [5, 5.41) is 0.611. The number of aromatic nitrogens is 2. The molecule has 0 unspecified atom stereocenters. The van der Waals surface area contributed by atoms with Crippen LogP contribution in [0.15, 0.2) is 36.8 Å². The third kappa shape index (κ3) is 2.28. The number of hydrogen-bond donors (Lipinski definition) is 0. The summed E-state index contributed by atoms with van der Waals surface area (Å²) in [4.78, 5) is 8.22. The van der Waals surface area contributed by atoms with Gasteiger partial charge in [0, 0.05) is 30.0 Å². The van der Waals surface area contributed by atoms with Gasteiger partial charge in [0.05, 0.1) is 10.7 Å². The Morgan fingerprint density at radius 3 is 2.53 bits per heavy atom. The Bertz CT molecular complexity index is 457. The molecule has 0 radical (unpaired) electrons. The van der Waals surface area contributed by atoms with Gasteiger partial charge in [-0.25, -0.2) is 0 Å². The molecule has 0 aromatic carbocycles. The topological polar surface area (TPSA) is 25.8 Å². The number of nitrogens with zero attached hydrogens (tertiary/aromatic N) is 2. The Labute approximate surface area is 97.9 Å². The molecule has 2 rings (SSSR count). The van der Waals surface area contributed by atoms with Gasteiger partial charge in [0.15, 0.2) is 0 Å². The Balaban J connectivity index is 2.46. The Morgan fingerprint density at radius 1 is 1.20 bits per heavy atom. The molecule has 0 aliphatic rings. The first-order valence-electron chi connectivity index (χ1n) is 4.42. The van der Waals surface area contributed by atoms with Crippen molar-refractivity contribution in [3.8, 4) is 11.3 Å². The first kappa shape index (κ1) is 10.4. The molecule has 0 saturated carbocycles. The highest BCUT2D eigenvalue weighted by atomic mass is 35.5. The van der Waals surface area contributed by atoms with E-state index in [0.717, 1.165) is 16.8 Å². The molecule has 0 bridgehead atoms. The second kappa shape index (κ2) is 4.60. The third-order valence-electron chi connectivity index (χ3n) is 2.01. The standard InChI is InChI=1S/C11H8Cl2N2/c12-6-8-5-10(13)11(15-7-8)9-1-3-14-4-2-9/h1-5,7H,6H2. The summed E-state index contributed by atoms with van der Waals surface area (Å²) in [6.07, 6.45) is 5.15. The van der Waals surface area contributed by atoms with Crippen molar-refractivity contribution in [1.82, 2.24) is 9.97 Å². The lowest BCUT2D eigenvalue weighted by atomic mass is 10.1. The first-order chi connectivity index (χ1) is 7.31. The molecule has 2 nitrogen and oxygen atoms in total. The second-order valence-electron chi connectivity index (χ2n) is 3.04. The SMILES string of the molecule is ClCc1cnc(-c2ccncc2)c(Cl)c1. The maximum absolute atomic E-state index is 6.10. The van der Waals surface area contributed by atoms with Crippen LogP contribution in [0.4, 0.5) is 0 Å².